The smallest absolute Gasteiger partial charge is 0.322 e. The number of aromatic nitrogens is 2. The second-order valence-corrected chi connectivity index (χ2v) is 6.18. The molecule has 0 saturated heterocycles. The second kappa shape index (κ2) is 10.1. The Morgan fingerprint density at radius 3 is 2.68 bits per heavy atom. The van der Waals surface area contributed by atoms with Crippen LogP contribution in [0.5, 0.6) is 0 Å². The highest BCUT2D eigenvalue weighted by Crippen LogP contribution is 2.36. The van der Waals surface area contributed by atoms with Gasteiger partial charge in [0, 0.05) is 18.6 Å². The lowest BCUT2D eigenvalue weighted by Gasteiger charge is -2.22. The zero-order chi connectivity index (χ0) is 14.5. The van der Waals surface area contributed by atoms with Gasteiger partial charge in [-0.05, 0) is 25.5 Å². The van der Waals surface area contributed by atoms with Gasteiger partial charge in [-0.2, -0.15) is 0 Å². The van der Waals surface area contributed by atoms with Crippen LogP contribution in [0.1, 0.15) is 17.8 Å². The normalized spacial score (nSPS) is 16.4. The maximum absolute atomic E-state index is 12.1. The quantitative estimate of drug-likeness (QED) is 0.831. The van der Waals surface area contributed by atoms with Gasteiger partial charge < -0.3 is 11.1 Å². The van der Waals surface area contributed by atoms with Crippen molar-refractivity contribution in [1.29, 1.82) is 0 Å². The summed E-state index contributed by atoms with van der Waals surface area (Å²) in [6, 6.07) is -0.226. The van der Waals surface area contributed by atoms with Crippen molar-refractivity contribution in [3.8, 4) is 0 Å². The van der Waals surface area contributed by atoms with Gasteiger partial charge in [0.1, 0.15) is 5.82 Å². The van der Waals surface area contributed by atoms with E-state index in [1.807, 2.05) is 6.92 Å². The molecule has 22 heavy (non-hydrogen) atoms. The average Bonchev–Trinajstić information content (AvgIpc) is 2.79. The molecule has 2 amide bonds. The van der Waals surface area contributed by atoms with Crippen LogP contribution in [0.2, 0.25) is 0 Å². The summed E-state index contributed by atoms with van der Waals surface area (Å²) in [7, 11) is 0. The van der Waals surface area contributed by atoms with Crippen LogP contribution in [0.4, 0.5) is 4.79 Å². The number of hydrogen-bond acceptors (Lipinski definition) is 5. The predicted octanol–water partition coefficient (Wildman–Crippen LogP) is 2.60. The van der Waals surface area contributed by atoms with E-state index >= 15 is 0 Å². The van der Waals surface area contributed by atoms with E-state index in [0.29, 0.717) is 23.2 Å². The molecule has 0 radical (unpaired) electrons. The zero-order valence-corrected chi connectivity index (χ0v) is 15.1. The van der Waals surface area contributed by atoms with Crippen molar-refractivity contribution in [1.82, 2.24) is 20.2 Å². The molecule has 0 aromatic carbocycles. The van der Waals surface area contributed by atoms with Crippen molar-refractivity contribution < 1.29 is 4.79 Å². The largest absolute Gasteiger partial charge is 0.330 e. The molecular weight excluding hydrogens is 369 g/mol. The van der Waals surface area contributed by atoms with Crippen LogP contribution < -0.4 is 11.1 Å². The maximum Gasteiger partial charge on any atom is 0.322 e. The average molecular weight is 387 g/mol. The standard InChI is InChI=1S/C12H16ClN5OS.2ClH/c1-8-4-15-10(16-5-8)6-17-12(19)18-7-9(13)20-11(18)2-3-14;;/h4-5,7,11H,2-3,6,14H2,1H3,(H,17,19);2*1H. The molecule has 1 aromatic rings. The summed E-state index contributed by atoms with van der Waals surface area (Å²) in [5.41, 5.74) is 6.52. The summed E-state index contributed by atoms with van der Waals surface area (Å²) >= 11 is 7.38. The summed E-state index contributed by atoms with van der Waals surface area (Å²) in [6.45, 7) is 2.69. The zero-order valence-electron chi connectivity index (χ0n) is 11.9. The number of thioether (sulfide) groups is 1. The van der Waals surface area contributed by atoms with E-state index in [4.69, 9.17) is 17.3 Å². The first-order valence-corrected chi connectivity index (χ1v) is 7.43. The van der Waals surface area contributed by atoms with Crippen molar-refractivity contribution >= 4 is 54.2 Å². The highest BCUT2D eigenvalue weighted by atomic mass is 35.5. The van der Waals surface area contributed by atoms with Gasteiger partial charge in [-0.3, -0.25) is 4.90 Å². The highest BCUT2D eigenvalue weighted by molar-refractivity contribution is 8.05. The van der Waals surface area contributed by atoms with E-state index in [1.165, 1.54) is 11.8 Å². The Balaban J connectivity index is 0.00000220. The molecular formula is C12H18Cl3N5OS. The van der Waals surface area contributed by atoms with Crippen LogP contribution in [0.15, 0.2) is 23.0 Å². The summed E-state index contributed by atoms with van der Waals surface area (Å²) in [5.74, 6) is 0.571. The SMILES string of the molecule is Cc1cnc(CNC(=O)N2C=C(Cl)SC2CCN)nc1.Cl.Cl. The van der Waals surface area contributed by atoms with Crippen molar-refractivity contribution in [2.24, 2.45) is 5.73 Å². The Labute approximate surface area is 151 Å². The van der Waals surface area contributed by atoms with Gasteiger partial charge in [0.15, 0.2) is 0 Å². The Morgan fingerprint density at radius 1 is 1.45 bits per heavy atom. The van der Waals surface area contributed by atoms with Gasteiger partial charge in [0.05, 0.1) is 16.3 Å². The monoisotopic (exact) mass is 385 g/mol. The predicted molar refractivity (Wildman–Crippen MR) is 94.3 cm³/mol. The number of carbonyl (C=O) groups excluding carboxylic acids is 1. The molecule has 1 aliphatic rings. The molecule has 6 nitrogen and oxygen atoms in total. The lowest BCUT2D eigenvalue weighted by molar-refractivity contribution is 0.211. The van der Waals surface area contributed by atoms with Crippen molar-refractivity contribution in [2.75, 3.05) is 6.54 Å². The highest BCUT2D eigenvalue weighted by Gasteiger charge is 2.28. The molecule has 0 spiro atoms. The van der Waals surface area contributed by atoms with Crippen molar-refractivity contribution in [3.63, 3.8) is 0 Å². The van der Waals surface area contributed by atoms with Crippen LogP contribution in [0, 0.1) is 6.92 Å². The van der Waals surface area contributed by atoms with E-state index in [1.54, 1.807) is 23.5 Å². The van der Waals surface area contributed by atoms with E-state index in [2.05, 4.69) is 15.3 Å². The molecule has 3 N–H and O–H groups in total. The third-order valence-electron chi connectivity index (χ3n) is 2.68. The molecule has 1 unspecified atom stereocenters. The Hall–Kier alpha value is -0.730. The molecule has 2 heterocycles. The van der Waals surface area contributed by atoms with E-state index < -0.39 is 0 Å². The van der Waals surface area contributed by atoms with Gasteiger partial charge in [0.2, 0.25) is 0 Å². The Bertz CT molecular complexity index is 514. The first-order chi connectivity index (χ1) is 9.60. The third kappa shape index (κ3) is 5.81. The maximum atomic E-state index is 12.1. The number of carbonyl (C=O) groups is 1. The van der Waals surface area contributed by atoms with Gasteiger partial charge in [-0.1, -0.05) is 23.4 Å². The van der Waals surface area contributed by atoms with Crippen LogP contribution in [0.3, 0.4) is 0 Å². The number of urea groups is 1. The third-order valence-corrected chi connectivity index (χ3v) is 4.11. The first-order valence-electron chi connectivity index (χ1n) is 6.18. The number of nitrogens with two attached hydrogens (primary N) is 1. The fourth-order valence-electron chi connectivity index (χ4n) is 1.70. The number of amides is 2. The number of rotatable bonds is 4. The molecule has 1 aromatic heterocycles. The minimum Gasteiger partial charge on any atom is -0.330 e. The minimum absolute atomic E-state index is 0. The van der Waals surface area contributed by atoms with E-state index in [0.717, 1.165) is 5.56 Å². The van der Waals surface area contributed by atoms with E-state index in [-0.39, 0.29) is 42.8 Å². The molecule has 0 saturated carbocycles. The van der Waals surface area contributed by atoms with Crippen LogP contribution in [-0.4, -0.2) is 32.8 Å². The fraction of sp³-hybridized carbons (Fsp3) is 0.417. The molecule has 0 bridgehead atoms. The fourth-order valence-corrected chi connectivity index (χ4v) is 3.07. The lowest BCUT2D eigenvalue weighted by atomic mass is 10.4. The summed E-state index contributed by atoms with van der Waals surface area (Å²) in [4.78, 5) is 22.0. The van der Waals surface area contributed by atoms with Crippen LogP contribution >= 0.6 is 48.2 Å². The Morgan fingerprint density at radius 2 is 2.09 bits per heavy atom. The second-order valence-electron chi connectivity index (χ2n) is 4.33. The van der Waals surface area contributed by atoms with Crippen molar-refractivity contribution in [2.45, 2.75) is 25.3 Å². The molecule has 1 atom stereocenters. The van der Waals surface area contributed by atoms with Crippen LogP contribution in [0.25, 0.3) is 0 Å². The summed E-state index contributed by atoms with van der Waals surface area (Å²) in [6.07, 6.45) is 5.74. The number of nitrogens with zero attached hydrogens (tertiary/aromatic N) is 3. The summed E-state index contributed by atoms with van der Waals surface area (Å²) in [5, 5.41) is 2.72. The molecule has 124 valence electrons. The van der Waals surface area contributed by atoms with Crippen molar-refractivity contribution in [3.05, 3.63) is 34.3 Å². The first kappa shape index (κ1) is 21.3. The van der Waals surface area contributed by atoms with Gasteiger partial charge in [-0.15, -0.1) is 24.8 Å². The van der Waals surface area contributed by atoms with Gasteiger partial charge in [-0.25, -0.2) is 14.8 Å². The summed E-state index contributed by atoms with van der Waals surface area (Å²) < 4.78 is 0.588. The van der Waals surface area contributed by atoms with Gasteiger partial charge >= 0.3 is 6.03 Å². The lowest BCUT2D eigenvalue weighted by Crippen LogP contribution is -2.40. The number of halogens is 3. The number of nitrogens with one attached hydrogen (secondary N) is 1. The molecule has 0 aliphatic carbocycles. The number of aryl methyl sites for hydroxylation is 1. The number of hydrogen-bond donors (Lipinski definition) is 2. The molecule has 2 rings (SSSR count). The van der Waals surface area contributed by atoms with Crippen LogP contribution in [-0.2, 0) is 6.54 Å². The Kier molecular flexibility index (Phi) is 9.79. The van der Waals surface area contributed by atoms with E-state index in [9.17, 15) is 4.79 Å². The minimum atomic E-state index is -0.226. The molecule has 0 fully saturated rings. The van der Waals surface area contributed by atoms with Gasteiger partial charge in [0.25, 0.3) is 0 Å². The molecule has 10 heteroatoms. The molecule has 1 aliphatic heterocycles. The topological polar surface area (TPSA) is 84.1 Å².